The van der Waals surface area contributed by atoms with Gasteiger partial charge in [0.25, 0.3) is 0 Å². The van der Waals surface area contributed by atoms with Crippen molar-refractivity contribution in [3.05, 3.63) is 17.6 Å². The average Bonchev–Trinajstić information content (AvgIpc) is 2.33. The molecule has 0 spiro atoms. The molecule has 2 rings (SSSR count). The zero-order chi connectivity index (χ0) is 6.10. The number of hydrogen-bond acceptors (Lipinski definition) is 4. The molecule has 9 heavy (non-hydrogen) atoms. The van der Waals surface area contributed by atoms with Gasteiger partial charge in [-0.3, -0.25) is 0 Å². The van der Waals surface area contributed by atoms with Gasteiger partial charge in [-0.15, -0.1) is 5.10 Å². The summed E-state index contributed by atoms with van der Waals surface area (Å²) >= 11 is 1.40. The second-order valence-corrected chi connectivity index (χ2v) is 2.25. The standard InChI is InChI=1S/C5H3N3S/c1-2-6-7-5-4(1)3-9-8-5/h1-3H. The fraction of sp³-hybridized carbons (Fsp3) is 0. The van der Waals surface area contributed by atoms with E-state index in [1.807, 2.05) is 11.4 Å². The highest BCUT2D eigenvalue weighted by atomic mass is 32.1. The Kier molecular flexibility index (Phi) is 0.927. The lowest BCUT2D eigenvalue weighted by molar-refractivity contribution is 1.06. The topological polar surface area (TPSA) is 38.7 Å². The normalized spacial score (nSPS) is 10.2. The van der Waals surface area contributed by atoms with Gasteiger partial charge in [0.2, 0.25) is 0 Å². The number of rotatable bonds is 0. The van der Waals surface area contributed by atoms with Crippen molar-refractivity contribution < 1.29 is 0 Å². The lowest BCUT2D eigenvalue weighted by Crippen LogP contribution is -1.77. The van der Waals surface area contributed by atoms with Crippen LogP contribution < -0.4 is 0 Å². The van der Waals surface area contributed by atoms with E-state index in [2.05, 4.69) is 14.6 Å². The van der Waals surface area contributed by atoms with Gasteiger partial charge in [-0.25, -0.2) is 0 Å². The minimum atomic E-state index is 0.738. The fourth-order valence-electron chi connectivity index (χ4n) is 0.630. The maximum absolute atomic E-state index is 3.99. The van der Waals surface area contributed by atoms with Crippen LogP contribution in [0.15, 0.2) is 17.6 Å². The molecule has 0 aliphatic carbocycles. The second-order valence-electron chi connectivity index (χ2n) is 1.62. The maximum Gasteiger partial charge on any atom is 0.194 e. The quantitative estimate of drug-likeness (QED) is 0.545. The molecule has 0 saturated carbocycles. The highest BCUT2D eigenvalue weighted by molar-refractivity contribution is 7.04. The van der Waals surface area contributed by atoms with E-state index in [4.69, 9.17) is 0 Å². The van der Waals surface area contributed by atoms with Crippen molar-refractivity contribution in [1.29, 1.82) is 0 Å². The Morgan fingerprint density at radius 1 is 1.44 bits per heavy atom. The van der Waals surface area contributed by atoms with Crippen LogP contribution in [0.5, 0.6) is 0 Å². The minimum Gasteiger partial charge on any atom is -0.170 e. The Hall–Kier alpha value is -1.03. The van der Waals surface area contributed by atoms with E-state index in [1.165, 1.54) is 11.5 Å². The first-order valence-electron chi connectivity index (χ1n) is 2.48. The molecule has 0 bridgehead atoms. The predicted octanol–water partition coefficient (Wildman–Crippen LogP) is 1.09. The first-order valence-corrected chi connectivity index (χ1v) is 3.32. The molecular formula is C5H3N3S. The highest BCUT2D eigenvalue weighted by Gasteiger charge is 1.92. The van der Waals surface area contributed by atoms with Gasteiger partial charge >= 0.3 is 0 Å². The molecule has 0 radical (unpaired) electrons. The van der Waals surface area contributed by atoms with Crippen LogP contribution in [0.2, 0.25) is 0 Å². The lowest BCUT2D eigenvalue weighted by atomic mass is 10.4. The van der Waals surface area contributed by atoms with Crippen LogP contribution in [0, 0.1) is 0 Å². The molecule has 2 aromatic heterocycles. The van der Waals surface area contributed by atoms with E-state index in [1.54, 1.807) is 6.20 Å². The number of hydrogen-bond donors (Lipinski definition) is 0. The first kappa shape index (κ1) is 4.81. The molecule has 0 N–H and O–H groups in total. The summed E-state index contributed by atoms with van der Waals surface area (Å²) in [6, 6.07) is 1.89. The van der Waals surface area contributed by atoms with E-state index < -0.39 is 0 Å². The summed E-state index contributed by atoms with van der Waals surface area (Å²) in [7, 11) is 0. The van der Waals surface area contributed by atoms with Crippen molar-refractivity contribution in [2.75, 3.05) is 0 Å². The van der Waals surface area contributed by atoms with Crippen LogP contribution in [0.3, 0.4) is 0 Å². The molecule has 0 fully saturated rings. The Labute approximate surface area is 55.5 Å². The molecule has 0 aromatic carbocycles. The summed E-state index contributed by atoms with van der Waals surface area (Å²) in [5, 5.41) is 10.5. The van der Waals surface area contributed by atoms with Gasteiger partial charge in [-0.05, 0) is 17.6 Å². The highest BCUT2D eigenvalue weighted by Crippen LogP contribution is 2.08. The van der Waals surface area contributed by atoms with Crippen LogP contribution in [-0.2, 0) is 0 Å². The minimum absolute atomic E-state index is 0.738. The molecule has 2 heterocycles. The zero-order valence-electron chi connectivity index (χ0n) is 4.48. The Bertz CT molecular complexity index is 286. The van der Waals surface area contributed by atoms with Crippen LogP contribution in [0.25, 0.3) is 11.0 Å². The van der Waals surface area contributed by atoms with E-state index in [0.29, 0.717) is 0 Å². The third kappa shape index (κ3) is 0.675. The van der Waals surface area contributed by atoms with Crippen molar-refractivity contribution in [3.63, 3.8) is 0 Å². The van der Waals surface area contributed by atoms with Crippen LogP contribution >= 0.6 is 11.5 Å². The molecule has 0 aliphatic rings. The molecule has 0 atom stereocenters. The predicted molar refractivity (Wildman–Crippen MR) is 35.2 cm³/mol. The van der Waals surface area contributed by atoms with Crippen LogP contribution in [-0.4, -0.2) is 14.6 Å². The van der Waals surface area contributed by atoms with Gasteiger partial charge in [0.1, 0.15) is 0 Å². The van der Waals surface area contributed by atoms with E-state index in [0.717, 1.165) is 11.0 Å². The molecule has 44 valence electrons. The average molecular weight is 137 g/mol. The Morgan fingerprint density at radius 3 is 3.33 bits per heavy atom. The molecule has 0 unspecified atom stereocenters. The Balaban J connectivity index is 2.95. The maximum atomic E-state index is 3.99. The lowest BCUT2D eigenvalue weighted by Gasteiger charge is -1.78. The van der Waals surface area contributed by atoms with E-state index in [-0.39, 0.29) is 0 Å². The van der Waals surface area contributed by atoms with Gasteiger partial charge in [-0.1, -0.05) is 0 Å². The van der Waals surface area contributed by atoms with Crippen molar-refractivity contribution in [1.82, 2.24) is 14.6 Å². The van der Waals surface area contributed by atoms with Crippen molar-refractivity contribution in [3.8, 4) is 0 Å². The smallest absolute Gasteiger partial charge is 0.170 e. The summed E-state index contributed by atoms with van der Waals surface area (Å²) < 4.78 is 3.99. The van der Waals surface area contributed by atoms with Gasteiger partial charge < -0.3 is 0 Å². The fourth-order valence-corrected chi connectivity index (χ4v) is 1.22. The third-order valence-corrected chi connectivity index (χ3v) is 1.69. The van der Waals surface area contributed by atoms with Gasteiger partial charge in [0.15, 0.2) is 5.65 Å². The van der Waals surface area contributed by atoms with Crippen molar-refractivity contribution >= 4 is 22.6 Å². The largest absolute Gasteiger partial charge is 0.194 e. The summed E-state index contributed by atoms with van der Waals surface area (Å²) in [5.74, 6) is 0. The Morgan fingerprint density at radius 2 is 2.44 bits per heavy atom. The monoisotopic (exact) mass is 137 g/mol. The molecule has 4 heteroatoms. The molecule has 0 amide bonds. The molecule has 3 nitrogen and oxygen atoms in total. The molecular weight excluding hydrogens is 134 g/mol. The molecule has 2 aromatic rings. The van der Waals surface area contributed by atoms with Crippen molar-refractivity contribution in [2.24, 2.45) is 0 Å². The van der Waals surface area contributed by atoms with Gasteiger partial charge in [0, 0.05) is 10.8 Å². The van der Waals surface area contributed by atoms with Crippen molar-refractivity contribution in [2.45, 2.75) is 0 Å². The summed E-state index contributed by atoms with van der Waals surface area (Å²) in [5.41, 5.74) is 0.738. The first-order chi connectivity index (χ1) is 4.47. The number of aromatic nitrogens is 3. The summed E-state index contributed by atoms with van der Waals surface area (Å²) in [6.07, 6.45) is 1.66. The second kappa shape index (κ2) is 1.73. The zero-order valence-corrected chi connectivity index (χ0v) is 5.30. The van der Waals surface area contributed by atoms with Gasteiger partial charge in [0.05, 0.1) is 6.20 Å². The van der Waals surface area contributed by atoms with E-state index >= 15 is 0 Å². The van der Waals surface area contributed by atoms with Crippen LogP contribution in [0.1, 0.15) is 0 Å². The van der Waals surface area contributed by atoms with E-state index in [9.17, 15) is 0 Å². The summed E-state index contributed by atoms with van der Waals surface area (Å²) in [6.45, 7) is 0. The number of fused-ring (bicyclic) bond motifs is 1. The van der Waals surface area contributed by atoms with Crippen LogP contribution in [0.4, 0.5) is 0 Å². The SMILES string of the molecule is c1cc2csnc2nn1. The summed E-state index contributed by atoms with van der Waals surface area (Å²) in [4.78, 5) is 0. The number of nitrogens with zero attached hydrogens (tertiary/aromatic N) is 3. The molecule has 0 aliphatic heterocycles. The van der Waals surface area contributed by atoms with Gasteiger partial charge in [-0.2, -0.15) is 9.47 Å². The molecule has 0 saturated heterocycles. The third-order valence-electron chi connectivity index (χ3n) is 1.05.